The Balaban J connectivity index is 2.33. The van der Waals surface area contributed by atoms with Gasteiger partial charge in [0, 0.05) is 24.3 Å². The van der Waals surface area contributed by atoms with Crippen molar-refractivity contribution in [3.05, 3.63) is 53.9 Å². The van der Waals surface area contributed by atoms with Gasteiger partial charge in [0.1, 0.15) is 6.04 Å². The molecule has 0 spiro atoms. The summed E-state index contributed by atoms with van der Waals surface area (Å²) in [5.41, 5.74) is 4.60. The molecule has 16 heavy (non-hydrogen) atoms. The molecule has 0 fully saturated rings. The summed E-state index contributed by atoms with van der Waals surface area (Å²) in [7, 11) is 0. The highest BCUT2D eigenvalue weighted by atomic mass is 15.2. The second-order valence-electron chi connectivity index (χ2n) is 3.44. The fraction of sp³-hybridized carbons (Fsp3) is 0.182. The summed E-state index contributed by atoms with van der Waals surface area (Å²) in [6, 6.07) is 5.44. The van der Waals surface area contributed by atoms with Crippen molar-refractivity contribution in [3.63, 3.8) is 0 Å². The highest BCUT2D eigenvalue weighted by Gasteiger charge is 2.14. The van der Waals surface area contributed by atoms with Crippen molar-refractivity contribution >= 4 is 0 Å². The summed E-state index contributed by atoms with van der Waals surface area (Å²) in [5, 5.41) is 0. The van der Waals surface area contributed by atoms with Crippen molar-refractivity contribution in [1.82, 2.24) is 20.4 Å². The van der Waals surface area contributed by atoms with E-state index < -0.39 is 0 Å². The van der Waals surface area contributed by atoms with Gasteiger partial charge in [-0.15, -0.1) is 0 Å². The van der Waals surface area contributed by atoms with Crippen LogP contribution in [0.3, 0.4) is 0 Å². The van der Waals surface area contributed by atoms with E-state index in [0.717, 1.165) is 11.3 Å². The van der Waals surface area contributed by atoms with Crippen molar-refractivity contribution < 1.29 is 0 Å². The van der Waals surface area contributed by atoms with E-state index in [-0.39, 0.29) is 6.04 Å². The third kappa shape index (κ3) is 2.21. The van der Waals surface area contributed by atoms with Crippen molar-refractivity contribution in [2.75, 3.05) is 0 Å². The number of hydrogen-bond donors (Lipinski definition) is 2. The largest absolute Gasteiger partial charge is 0.270 e. The SMILES string of the molecule is Cc1ccc(C(NN)c2ncccn2)cn1. The molecule has 0 bridgehead atoms. The molecule has 5 heteroatoms. The number of aryl methyl sites for hydroxylation is 1. The maximum absolute atomic E-state index is 5.52. The van der Waals surface area contributed by atoms with E-state index in [0.29, 0.717) is 5.82 Å². The molecule has 2 aromatic rings. The van der Waals surface area contributed by atoms with Gasteiger partial charge in [-0.3, -0.25) is 10.8 Å². The van der Waals surface area contributed by atoms with Gasteiger partial charge in [0.2, 0.25) is 0 Å². The molecule has 0 aliphatic heterocycles. The van der Waals surface area contributed by atoms with E-state index in [1.54, 1.807) is 24.7 Å². The van der Waals surface area contributed by atoms with Crippen LogP contribution in [0.1, 0.15) is 23.1 Å². The van der Waals surface area contributed by atoms with E-state index in [4.69, 9.17) is 5.84 Å². The maximum Gasteiger partial charge on any atom is 0.150 e. The minimum atomic E-state index is -0.228. The first-order chi connectivity index (χ1) is 7.81. The quantitative estimate of drug-likeness (QED) is 0.583. The van der Waals surface area contributed by atoms with Crippen LogP contribution in [0, 0.1) is 6.92 Å². The normalized spacial score (nSPS) is 12.4. The molecule has 3 N–H and O–H groups in total. The number of aromatic nitrogens is 3. The molecule has 0 radical (unpaired) electrons. The lowest BCUT2D eigenvalue weighted by Gasteiger charge is -2.14. The molecule has 0 amide bonds. The molecule has 5 nitrogen and oxygen atoms in total. The molecule has 2 heterocycles. The lowest BCUT2D eigenvalue weighted by molar-refractivity contribution is 0.599. The zero-order valence-corrected chi connectivity index (χ0v) is 8.96. The predicted octanol–water partition coefficient (Wildman–Crippen LogP) is 0.733. The minimum Gasteiger partial charge on any atom is -0.270 e. The summed E-state index contributed by atoms with van der Waals surface area (Å²) in [6.07, 6.45) is 5.15. The highest BCUT2D eigenvalue weighted by Crippen LogP contribution is 2.16. The lowest BCUT2D eigenvalue weighted by atomic mass is 10.1. The van der Waals surface area contributed by atoms with Gasteiger partial charge in [-0.2, -0.15) is 0 Å². The van der Waals surface area contributed by atoms with E-state index in [1.165, 1.54) is 0 Å². The molecule has 0 aliphatic rings. The van der Waals surface area contributed by atoms with Crippen LogP contribution in [0.25, 0.3) is 0 Å². The fourth-order valence-electron chi connectivity index (χ4n) is 1.43. The lowest BCUT2D eigenvalue weighted by Crippen LogP contribution is -2.30. The Hall–Kier alpha value is -1.85. The molecule has 1 atom stereocenters. The number of nitrogens with two attached hydrogens (primary N) is 1. The Morgan fingerprint density at radius 1 is 1.19 bits per heavy atom. The van der Waals surface area contributed by atoms with Gasteiger partial charge in [-0.25, -0.2) is 15.4 Å². The molecular weight excluding hydrogens is 202 g/mol. The van der Waals surface area contributed by atoms with Gasteiger partial charge in [-0.05, 0) is 24.6 Å². The van der Waals surface area contributed by atoms with Gasteiger partial charge in [0.05, 0.1) is 0 Å². The van der Waals surface area contributed by atoms with Crippen LogP contribution in [-0.4, -0.2) is 15.0 Å². The summed E-state index contributed by atoms with van der Waals surface area (Å²) in [5.74, 6) is 6.15. The van der Waals surface area contributed by atoms with Gasteiger partial charge in [0.15, 0.2) is 5.82 Å². The summed E-state index contributed by atoms with van der Waals surface area (Å²) in [4.78, 5) is 12.6. The second-order valence-corrected chi connectivity index (χ2v) is 3.44. The van der Waals surface area contributed by atoms with Crippen LogP contribution in [0.5, 0.6) is 0 Å². The van der Waals surface area contributed by atoms with Gasteiger partial charge in [0.25, 0.3) is 0 Å². The number of hydrogen-bond acceptors (Lipinski definition) is 5. The first-order valence-electron chi connectivity index (χ1n) is 4.97. The molecule has 82 valence electrons. The Morgan fingerprint density at radius 2 is 1.94 bits per heavy atom. The molecule has 0 saturated carbocycles. The Morgan fingerprint density at radius 3 is 2.50 bits per heavy atom. The van der Waals surface area contributed by atoms with Crippen molar-refractivity contribution in [2.24, 2.45) is 5.84 Å². The predicted molar refractivity (Wildman–Crippen MR) is 60.2 cm³/mol. The number of pyridine rings is 1. The first-order valence-corrected chi connectivity index (χ1v) is 4.97. The van der Waals surface area contributed by atoms with Crippen LogP contribution < -0.4 is 11.3 Å². The standard InChI is InChI=1S/C11H13N5/c1-8-3-4-9(7-15-8)10(16-12)11-13-5-2-6-14-11/h2-7,10,16H,12H2,1H3. The molecule has 0 saturated heterocycles. The third-order valence-corrected chi connectivity index (χ3v) is 2.28. The summed E-state index contributed by atoms with van der Waals surface area (Å²) < 4.78 is 0. The summed E-state index contributed by atoms with van der Waals surface area (Å²) in [6.45, 7) is 1.94. The maximum atomic E-state index is 5.52. The number of nitrogens with zero attached hydrogens (tertiary/aromatic N) is 3. The molecule has 2 rings (SSSR count). The van der Waals surface area contributed by atoms with Crippen LogP contribution in [-0.2, 0) is 0 Å². The van der Waals surface area contributed by atoms with Gasteiger partial charge < -0.3 is 0 Å². The fourth-order valence-corrected chi connectivity index (χ4v) is 1.43. The van der Waals surface area contributed by atoms with Crippen LogP contribution in [0.4, 0.5) is 0 Å². The third-order valence-electron chi connectivity index (χ3n) is 2.28. The topological polar surface area (TPSA) is 76.7 Å². The van der Waals surface area contributed by atoms with Crippen molar-refractivity contribution in [1.29, 1.82) is 0 Å². The van der Waals surface area contributed by atoms with Crippen LogP contribution in [0.2, 0.25) is 0 Å². The van der Waals surface area contributed by atoms with Crippen LogP contribution in [0.15, 0.2) is 36.8 Å². The van der Waals surface area contributed by atoms with Crippen molar-refractivity contribution in [3.8, 4) is 0 Å². The molecular formula is C11H13N5. The second kappa shape index (κ2) is 4.78. The first kappa shape index (κ1) is 10.7. The smallest absolute Gasteiger partial charge is 0.150 e. The van der Waals surface area contributed by atoms with E-state index in [2.05, 4.69) is 20.4 Å². The number of hydrazine groups is 1. The monoisotopic (exact) mass is 215 g/mol. The van der Waals surface area contributed by atoms with Gasteiger partial charge >= 0.3 is 0 Å². The Labute approximate surface area is 93.7 Å². The highest BCUT2D eigenvalue weighted by molar-refractivity contribution is 5.22. The zero-order valence-electron chi connectivity index (χ0n) is 8.96. The molecule has 0 aliphatic carbocycles. The zero-order chi connectivity index (χ0) is 11.4. The average Bonchev–Trinajstić information content (AvgIpc) is 2.34. The molecule has 0 aromatic carbocycles. The minimum absolute atomic E-state index is 0.228. The van der Waals surface area contributed by atoms with Crippen molar-refractivity contribution in [2.45, 2.75) is 13.0 Å². The summed E-state index contributed by atoms with van der Waals surface area (Å²) >= 11 is 0. The Bertz CT molecular complexity index is 440. The Kier molecular flexibility index (Phi) is 3.19. The molecule has 1 unspecified atom stereocenters. The van der Waals surface area contributed by atoms with E-state index >= 15 is 0 Å². The number of rotatable bonds is 3. The molecule has 2 aromatic heterocycles. The van der Waals surface area contributed by atoms with E-state index in [1.807, 2.05) is 19.1 Å². The number of nitrogens with one attached hydrogen (secondary N) is 1. The van der Waals surface area contributed by atoms with Gasteiger partial charge in [-0.1, -0.05) is 6.07 Å². The average molecular weight is 215 g/mol. The van der Waals surface area contributed by atoms with E-state index in [9.17, 15) is 0 Å². The van der Waals surface area contributed by atoms with Crippen LogP contribution >= 0.6 is 0 Å².